The molecule has 1 N–H and O–H groups in total. The highest BCUT2D eigenvalue weighted by molar-refractivity contribution is 6.30. The summed E-state index contributed by atoms with van der Waals surface area (Å²) in [4.78, 5) is 11.0. The van der Waals surface area contributed by atoms with Crippen LogP contribution in [0.15, 0.2) is 18.2 Å². The van der Waals surface area contributed by atoms with Crippen LogP contribution in [0.5, 0.6) is 5.75 Å². The highest BCUT2D eigenvalue weighted by Gasteiger charge is 2.39. The number of rotatable bonds is 4. The molecule has 6 heteroatoms. The van der Waals surface area contributed by atoms with Crippen LogP contribution in [0.4, 0.5) is 8.78 Å². The second-order valence-electron chi connectivity index (χ2n) is 4.72. The maximum Gasteiger partial charge on any atom is 0.339 e. The summed E-state index contributed by atoms with van der Waals surface area (Å²) >= 11 is 5.77. The van der Waals surface area contributed by atoms with Crippen molar-refractivity contribution in [2.24, 2.45) is 5.92 Å². The van der Waals surface area contributed by atoms with Gasteiger partial charge in [-0.1, -0.05) is 11.6 Å². The lowest BCUT2D eigenvalue weighted by molar-refractivity contribution is 0.00285. The van der Waals surface area contributed by atoms with Crippen LogP contribution in [0.25, 0.3) is 0 Å². The SMILES string of the molecule is O=C(O)c1ccc(Cl)cc1OCC1CCC(F)(F)C1. The zero-order chi connectivity index (χ0) is 14.0. The second-order valence-corrected chi connectivity index (χ2v) is 5.16. The molecular formula is C13H13ClF2O3. The minimum Gasteiger partial charge on any atom is -0.492 e. The molecule has 1 aromatic carbocycles. The summed E-state index contributed by atoms with van der Waals surface area (Å²) in [5.74, 6) is -3.90. The van der Waals surface area contributed by atoms with Crippen LogP contribution in [0.1, 0.15) is 29.6 Å². The predicted octanol–water partition coefficient (Wildman–Crippen LogP) is 3.85. The number of halogens is 3. The summed E-state index contributed by atoms with van der Waals surface area (Å²) in [6.07, 6.45) is 0.0360. The van der Waals surface area contributed by atoms with E-state index in [9.17, 15) is 13.6 Å². The van der Waals surface area contributed by atoms with Crippen LogP contribution < -0.4 is 4.74 Å². The summed E-state index contributed by atoms with van der Waals surface area (Å²) in [6.45, 7) is 0.0796. The summed E-state index contributed by atoms with van der Waals surface area (Å²) < 4.78 is 31.4. The topological polar surface area (TPSA) is 46.5 Å². The first-order valence-electron chi connectivity index (χ1n) is 5.91. The van der Waals surface area contributed by atoms with E-state index in [4.69, 9.17) is 21.4 Å². The Morgan fingerprint density at radius 2 is 2.26 bits per heavy atom. The van der Waals surface area contributed by atoms with Crippen LogP contribution in [-0.4, -0.2) is 23.6 Å². The van der Waals surface area contributed by atoms with Gasteiger partial charge in [0.25, 0.3) is 0 Å². The monoisotopic (exact) mass is 290 g/mol. The molecule has 0 heterocycles. The smallest absolute Gasteiger partial charge is 0.339 e. The molecule has 3 nitrogen and oxygen atoms in total. The molecule has 19 heavy (non-hydrogen) atoms. The molecule has 0 aromatic heterocycles. The minimum absolute atomic E-state index is 0.0193. The zero-order valence-electron chi connectivity index (χ0n) is 10.0. The van der Waals surface area contributed by atoms with Crippen molar-refractivity contribution in [3.05, 3.63) is 28.8 Å². The molecule has 0 spiro atoms. The Morgan fingerprint density at radius 1 is 1.53 bits per heavy atom. The molecule has 0 bridgehead atoms. The van der Waals surface area contributed by atoms with Gasteiger partial charge in [0.15, 0.2) is 0 Å². The lowest BCUT2D eigenvalue weighted by atomic mass is 10.1. The van der Waals surface area contributed by atoms with E-state index in [-0.39, 0.29) is 36.7 Å². The Kier molecular flexibility index (Phi) is 3.94. The van der Waals surface area contributed by atoms with Crippen LogP contribution in [0.3, 0.4) is 0 Å². The van der Waals surface area contributed by atoms with Crippen molar-refractivity contribution < 1.29 is 23.4 Å². The van der Waals surface area contributed by atoms with Gasteiger partial charge in [-0.05, 0) is 30.5 Å². The Bertz CT molecular complexity index is 491. The first-order valence-corrected chi connectivity index (χ1v) is 6.29. The van der Waals surface area contributed by atoms with E-state index < -0.39 is 11.9 Å². The van der Waals surface area contributed by atoms with Gasteiger partial charge in [0, 0.05) is 17.9 Å². The molecule has 1 saturated carbocycles. The van der Waals surface area contributed by atoms with Gasteiger partial charge in [-0.2, -0.15) is 0 Å². The molecule has 0 radical (unpaired) electrons. The summed E-state index contributed by atoms with van der Waals surface area (Å²) in [7, 11) is 0. The normalized spacial score (nSPS) is 21.3. The van der Waals surface area contributed by atoms with Gasteiger partial charge in [-0.3, -0.25) is 0 Å². The fraction of sp³-hybridized carbons (Fsp3) is 0.462. The number of aromatic carboxylic acids is 1. The van der Waals surface area contributed by atoms with Gasteiger partial charge in [0.05, 0.1) is 6.61 Å². The highest BCUT2D eigenvalue weighted by atomic mass is 35.5. The number of benzene rings is 1. The van der Waals surface area contributed by atoms with E-state index >= 15 is 0 Å². The number of hydrogen-bond acceptors (Lipinski definition) is 2. The summed E-state index contributed by atoms with van der Waals surface area (Å²) in [5.41, 5.74) is -0.0193. The zero-order valence-corrected chi connectivity index (χ0v) is 10.8. The number of carboxylic acid groups (broad SMARTS) is 1. The highest BCUT2D eigenvalue weighted by Crippen LogP contribution is 2.39. The van der Waals surface area contributed by atoms with Gasteiger partial charge in [-0.25, -0.2) is 13.6 Å². The third kappa shape index (κ3) is 3.56. The molecule has 0 saturated heterocycles. The van der Waals surface area contributed by atoms with Gasteiger partial charge >= 0.3 is 5.97 Å². The maximum atomic E-state index is 13.0. The first kappa shape index (κ1) is 14.1. The Labute approximate surface area is 114 Å². The molecule has 104 valence electrons. The summed E-state index contributed by atoms with van der Waals surface area (Å²) in [5, 5.41) is 9.33. The van der Waals surface area contributed by atoms with Crippen LogP contribution in [0, 0.1) is 5.92 Å². The van der Waals surface area contributed by atoms with Gasteiger partial charge in [0.2, 0.25) is 5.92 Å². The average molecular weight is 291 g/mol. The molecular weight excluding hydrogens is 278 g/mol. The number of carbonyl (C=O) groups is 1. The molecule has 1 aliphatic rings. The Balaban J connectivity index is 2.03. The minimum atomic E-state index is -2.63. The van der Waals surface area contributed by atoms with Crippen molar-refractivity contribution in [2.75, 3.05) is 6.61 Å². The van der Waals surface area contributed by atoms with Crippen molar-refractivity contribution in [1.82, 2.24) is 0 Å². The van der Waals surface area contributed by atoms with Gasteiger partial charge in [0.1, 0.15) is 11.3 Å². The van der Waals surface area contributed by atoms with E-state index in [1.165, 1.54) is 18.2 Å². The van der Waals surface area contributed by atoms with E-state index in [2.05, 4.69) is 0 Å². The lowest BCUT2D eigenvalue weighted by Crippen LogP contribution is -2.14. The number of alkyl halides is 2. The molecule has 1 aromatic rings. The Hall–Kier alpha value is -1.36. The standard InChI is InChI=1S/C13H13ClF2O3/c14-9-1-2-10(12(17)18)11(5-9)19-7-8-3-4-13(15,16)6-8/h1-2,5,8H,3-4,6-7H2,(H,17,18). The van der Waals surface area contributed by atoms with Crippen LogP contribution >= 0.6 is 11.6 Å². The number of hydrogen-bond donors (Lipinski definition) is 1. The van der Waals surface area contributed by atoms with Gasteiger partial charge in [-0.15, -0.1) is 0 Å². The lowest BCUT2D eigenvalue weighted by Gasteiger charge is -2.14. The molecule has 2 rings (SSSR count). The van der Waals surface area contributed by atoms with E-state index in [0.717, 1.165) is 0 Å². The second kappa shape index (κ2) is 5.33. The van der Waals surface area contributed by atoms with Gasteiger partial charge < -0.3 is 9.84 Å². The van der Waals surface area contributed by atoms with E-state index in [1.54, 1.807) is 0 Å². The fourth-order valence-corrected chi connectivity index (χ4v) is 2.35. The van der Waals surface area contributed by atoms with E-state index in [0.29, 0.717) is 11.4 Å². The first-order chi connectivity index (χ1) is 8.87. The number of carboxylic acids is 1. The van der Waals surface area contributed by atoms with Crippen molar-refractivity contribution in [3.8, 4) is 5.75 Å². The largest absolute Gasteiger partial charge is 0.492 e. The fourth-order valence-electron chi connectivity index (χ4n) is 2.18. The van der Waals surface area contributed by atoms with Crippen molar-refractivity contribution in [2.45, 2.75) is 25.2 Å². The van der Waals surface area contributed by atoms with Crippen molar-refractivity contribution in [1.29, 1.82) is 0 Å². The average Bonchev–Trinajstić information content (AvgIpc) is 2.66. The molecule has 1 atom stereocenters. The third-order valence-electron chi connectivity index (χ3n) is 3.15. The molecule has 1 aliphatic carbocycles. The van der Waals surface area contributed by atoms with Crippen LogP contribution in [-0.2, 0) is 0 Å². The molecule has 0 amide bonds. The quantitative estimate of drug-likeness (QED) is 0.916. The van der Waals surface area contributed by atoms with E-state index in [1.807, 2.05) is 0 Å². The van der Waals surface area contributed by atoms with Crippen LogP contribution in [0.2, 0.25) is 5.02 Å². The van der Waals surface area contributed by atoms with Crippen molar-refractivity contribution >= 4 is 17.6 Å². The summed E-state index contributed by atoms with van der Waals surface area (Å²) in [6, 6.07) is 4.17. The molecule has 0 aliphatic heterocycles. The maximum absolute atomic E-state index is 13.0. The number of ether oxygens (including phenoxy) is 1. The molecule has 1 fully saturated rings. The predicted molar refractivity (Wildman–Crippen MR) is 66.2 cm³/mol. The van der Waals surface area contributed by atoms with Crippen molar-refractivity contribution in [3.63, 3.8) is 0 Å². The third-order valence-corrected chi connectivity index (χ3v) is 3.39. The Morgan fingerprint density at radius 3 is 2.84 bits per heavy atom. The molecule has 1 unspecified atom stereocenters.